The van der Waals surface area contributed by atoms with Crippen LogP contribution in [0.15, 0.2) is 29.6 Å². The van der Waals surface area contributed by atoms with Crippen molar-refractivity contribution < 1.29 is 9.53 Å². The lowest BCUT2D eigenvalue weighted by molar-refractivity contribution is 0.0756. The van der Waals surface area contributed by atoms with Gasteiger partial charge in [-0.1, -0.05) is 18.9 Å². The minimum Gasteiger partial charge on any atom is -0.497 e. The fourth-order valence-corrected chi connectivity index (χ4v) is 4.76. The zero-order valence-electron chi connectivity index (χ0n) is 16.5. The summed E-state index contributed by atoms with van der Waals surface area (Å²) in [5, 5.41) is 2.89. The molecule has 1 aromatic carbocycles. The quantitative estimate of drug-likeness (QED) is 0.786. The maximum Gasteiger partial charge on any atom is 0.273 e. The summed E-state index contributed by atoms with van der Waals surface area (Å²) in [6.07, 6.45) is 4.66. The molecule has 2 aliphatic rings. The summed E-state index contributed by atoms with van der Waals surface area (Å²) in [4.78, 5) is 24.1. The highest BCUT2D eigenvalue weighted by Crippen LogP contribution is 2.26. The van der Waals surface area contributed by atoms with Crippen LogP contribution in [0.4, 0.5) is 10.8 Å². The van der Waals surface area contributed by atoms with Crippen molar-refractivity contribution in [1.29, 1.82) is 0 Å². The van der Waals surface area contributed by atoms with Gasteiger partial charge in [-0.05, 0) is 25.0 Å². The van der Waals surface area contributed by atoms with E-state index in [0.717, 1.165) is 63.0 Å². The fraction of sp³-hybridized carbons (Fsp3) is 0.524. The van der Waals surface area contributed by atoms with E-state index >= 15 is 0 Å². The molecule has 2 saturated heterocycles. The lowest BCUT2D eigenvalue weighted by atomic mass is 10.2. The van der Waals surface area contributed by atoms with E-state index in [1.165, 1.54) is 18.5 Å². The third kappa shape index (κ3) is 4.24. The Bertz CT molecular complexity index is 793. The maximum absolute atomic E-state index is 12.8. The van der Waals surface area contributed by atoms with Crippen molar-refractivity contribution in [3.05, 3.63) is 35.3 Å². The number of likely N-dealkylation sites (tertiary alicyclic amines) is 1. The molecular weight excluding hydrogens is 372 g/mol. The summed E-state index contributed by atoms with van der Waals surface area (Å²) in [7, 11) is 1.70. The molecule has 0 N–H and O–H groups in total. The van der Waals surface area contributed by atoms with E-state index in [9.17, 15) is 4.79 Å². The average Bonchev–Trinajstić information content (AvgIpc) is 3.09. The Labute approximate surface area is 170 Å². The van der Waals surface area contributed by atoms with Gasteiger partial charge in [-0.25, -0.2) is 4.98 Å². The predicted octanol–water partition coefficient (Wildman–Crippen LogP) is 3.49. The molecule has 28 heavy (non-hydrogen) atoms. The molecule has 3 heterocycles. The van der Waals surface area contributed by atoms with Gasteiger partial charge in [0.05, 0.1) is 7.11 Å². The molecule has 0 spiro atoms. The second-order valence-electron chi connectivity index (χ2n) is 7.40. The monoisotopic (exact) mass is 400 g/mol. The number of piperazine rings is 1. The molecule has 0 radical (unpaired) electrons. The van der Waals surface area contributed by atoms with Crippen molar-refractivity contribution in [3.8, 4) is 5.75 Å². The maximum atomic E-state index is 12.8. The number of methoxy groups -OCH3 is 1. The van der Waals surface area contributed by atoms with Crippen LogP contribution < -0.4 is 14.5 Å². The topological polar surface area (TPSA) is 48.9 Å². The molecule has 6 nitrogen and oxygen atoms in total. The predicted molar refractivity (Wildman–Crippen MR) is 114 cm³/mol. The smallest absolute Gasteiger partial charge is 0.273 e. The second-order valence-corrected chi connectivity index (χ2v) is 8.23. The zero-order valence-corrected chi connectivity index (χ0v) is 17.3. The van der Waals surface area contributed by atoms with Crippen LogP contribution >= 0.6 is 11.3 Å². The Hall–Kier alpha value is -2.28. The van der Waals surface area contributed by atoms with E-state index < -0.39 is 0 Å². The number of aromatic nitrogens is 1. The number of rotatable bonds is 4. The molecule has 0 saturated carbocycles. The number of hydrogen-bond donors (Lipinski definition) is 0. The number of carbonyl (C=O) groups is 1. The molecule has 0 bridgehead atoms. The Kier molecular flexibility index (Phi) is 6.00. The van der Waals surface area contributed by atoms with Gasteiger partial charge in [-0.15, -0.1) is 11.3 Å². The minimum atomic E-state index is 0.0967. The number of nitrogens with zero attached hydrogens (tertiary/aromatic N) is 4. The molecule has 150 valence electrons. The lowest BCUT2D eigenvalue weighted by Gasteiger charge is -2.36. The summed E-state index contributed by atoms with van der Waals surface area (Å²) in [6.45, 7) is 5.41. The molecule has 1 amide bonds. The van der Waals surface area contributed by atoms with Crippen LogP contribution in [0.2, 0.25) is 0 Å². The Morgan fingerprint density at radius 2 is 1.71 bits per heavy atom. The molecular formula is C21H28N4O2S. The van der Waals surface area contributed by atoms with E-state index in [2.05, 4.69) is 26.9 Å². The largest absolute Gasteiger partial charge is 0.497 e. The summed E-state index contributed by atoms with van der Waals surface area (Å²) < 4.78 is 5.34. The highest BCUT2D eigenvalue weighted by Gasteiger charge is 2.23. The third-order valence-electron chi connectivity index (χ3n) is 5.57. The SMILES string of the molecule is COc1cccc(N2CCN(c3nc(C(=O)N4CCCCCC4)cs3)CC2)c1. The fourth-order valence-electron chi connectivity index (χ4n) is 3.91. The summed E-state index contributed by atoms with van der Waals surface area (Å²) in [5.41, 5.74) is 1.80. The Morgan fingerprint density at radius 3 is 2.43 bits per heavy atom. The standard InChI is InChI=1S/C21H28N4O2S/c1-27-18-8-6-7-17(15-18)23-11-13-25(14-12-23)21-22-19(16-28-21)20(26)24-9-4-2-3-5-10-24/h6-8,15-16H,2-5,9-14H2,1H3. The minimum absolute atomic E-state index is 0.0967. The van der Waals surface area contributed by atoms with Crippen molar-refractivity contribution in [1.82, 2.24) is 9.88 Å². The van der Waals surface area contributed by atoms with Crippen LogP contribution in [-0.4, -0.2) is 62.2 Å². The van der Waals surface area contributed by atoms with Crippen molar-refractivity contribution >= 4 is 28.1 Å². The van der Waals surface area contributed by atoms with Gasteiger partial charge in [0, 0.05) is 56.4 Å². The van der Waals surface area contributed by atoms with Gasteiger partial charge in [0.2, 0.25) is 0 Å². The number of amides is 1. The van der Waals surface area contributed by atoms with Gasteiger partial charge >= 0.3 is 0 Å². The van der Waals surface area contributed by atoms with Gasteiger partial charge in [0.15, 0.2) is 5.13 Å². The number of carbonyl (C=O) groups excluding carboxylic acids is 1. The first-order chi connectivity index (χ1) is 13.7. The first kappa shape index (κ1) is 19.1. The average molecular weight is 401 g/mol. The van der Waals surface area contributed by atoms with E-state index in [0.29, 0.717) is 5.69 Å². The zero-order chi connectivity index (χ0) is 19.3. The van der Waals surface area contributed by atoms with Gasteiger partial charge in [-0.3, -0.25) is 4.79 Å². The first-order valence-corrected chi connectivity index (χ1v) is 11.0. The normalized spacial score (nSPS) is 18.1. The highest BCUT2D eigenvalue weighted by molar-refractivity contribution is 7.13. The number of ether oxygens (including phenoxy) is 1. The first-order valence-electron chi connectivity index (χ1n) is 10.1. The van der Waals surface area contributed by atoms with Gasteiger partial charge in [-0.2, -0.15) is 0 Å². The van der Waals surface area contributed by atoms with Gasteiger partial charge < -0.3 is 19.4 Å². The van der Waals surface area contributed by atoms with E-state index in [-0.39, 0.29) is 5.91 Å². The van der Waals surface area contributed by atoms with Crippen LogP contribution in [0.1, 0.15) is 36.2 Å². The molecule has 0 aliphatic carbocycles. The molecule has 1 aromatic heterocycles. The second kappa shape index (κ2) is 8.82. The molecule has 4 rings (SSSR count). The number of hydrogen-bond acceptors (Lipinski definition) is 6. The van der Waals surface area contributed by atoms with E-state index in [1.807, 2.05) is 22.4 Å². The highest BCUT2D eigenvalue weighted by atomic mass is 32.1. The van der Waals surface area contributed by atoms with Crippen LogP contribution in [-0.2, 0) is 0 Å². The molecule has 0 atom stereocenters. The Morgan fingerprint density at radius 1 is 1.00 bits per heavy atom. The summed E-state index contributed by atoms with van der Waals surface area (Å²) >= 11 is 1.59. The van der Waals surface area contributed by atoms with Gasteiger partial charge in [0.1, 0.15) is 11.4 Å². The van der Waals surface area contributed by atoms with Gasteiger partial charge in [0.25, 0.3) is 5.91 Å². The summed E-state index contributed by atoms with van der Waals surface area (Å²) in [5.74, 6) is 0.982. The van der Waals surface area contributed by atoms with Crippen molar-refractivity contribution in [2.45, 2.75) is 25.7 Å². The Balaban J connectivity index is 1.36. The van der Waals surface area contributed by atoms with E-state index in [1.54, 1.807) is 18.4 Å². The van der Waals surface area contributed by atoms with Crippen LogP contribution in [0, 0.1) is 0 Å². The third-order valence-corrected chi connectivity index (χ3v) is 6.47. The number of anilines is 2. The molecule has 2 aromatic rings. The number of thiazole rings is 1. The van der Waals surface area contributed by atoms with Crippen LogP contribution in [0.25, 0.3) is 0 Å². The molecule has 0 unspecified atom stereocenters. The van der Waals surface area contributed by atoms with Crippen LogP contribution in [0.5, 0.6) is 5.75 Å². The summed E-state index contributed by atoms with van der Waals surface area (Å²) in [6, 6.07) is 8.21. The number of benzene rings is 1. The van der Waals surface area contributed by atoms with Crippen molar-refractivity contribution in [3.63, 3.8) is 0 Å². The lowest BCUT2D eigenvalue weighted by Crippen LogP contribution is -2.46. The molecule has 2 fully saturated rings. The van der Waals surface area contributed by atoms with Crippen LogP contribution in [0.3, 0.4) is 0 Å². The van der Waals surface area contributed by atoms with Crippen molar-refractivity contribution in [2.75, 3.05) is 56.2 Å². The molecule has 7 heteroatoms. The van der Waals surface area contributed by atoms with E-state index in [4.69, 9.17) is 4.74 Å². The molecule has 2 aliphatic heterocycles. The van der Waals surface area contributed by atoms with Crippen molar-refractivity contribution in [2.24, 2.45) is 0 Å².